The van der Waals surface area contributed by atoms with Gasteiger partial charge in [-0.15, -0.1) is 0 Å². The highest BCUT2D eigenvalue weighted by Crippen LogP contribution is 2.31. The van der Waals surface area contributed by atoms with Crippen molar-refractivity contribution >= 4 is 29.1 Å². The lowest BCUT2D eigenvalue weighted by atomic mass is 10.1. The molecule has 1 heterocycles. The van der Waals surface area contributed by atoms with E-state index in [9.17, 15) is 18.8 Å². The molecule has 0 aliphatic carbocycles. The second kappa shape index (κ2) is 8.72. The van der Waals surface area contributed by atoms with Crippen LogP contribution >= 0.6 is 0 Å². The fraction of sp³-hybridized carbons (Fsp3) is 0.286. The summed E-state index contributed by atoms with van der Waals surface area (Å²) in [6.07, 6.45) is 0.147. The van der Waals surface area contributed by atoms with E-state index in [0.29, 0.717) is 11.4 Å². The van der Waals surface area contributed by atoms with Gasteiger partial charge in [0.25, 0.3) is 5.91 Å². The number of carbonyl (C=O) groups excluding carboxylic acids is 3. The maximum Gasteiger partial charge on any atom is 0.260 e. The van der Waals surface area contributed by atoms with Crippen molar-refractivity contribution in [3.8, 4) is 5.75 Å². The molecule has 1 N–H and O–H groups in total. The highest BCUT2D eigenvalue weighted by atomic mass is 19.1. The number of amides is 3. The van der Waals surface area contributed by atoms with Crippen LogP contribution in [0.25, 0.3) is 0 Å². The van der Waals surface area contributed by atoms with Crippen LogP contribution in [0.15, 0.2) is 48.5 Å². The summed E-state index contributed by atoms with van der Waals surface area (Å²) in [4.78, 5) is 40.1. The van der Waals surface area contributed by atoms with Crippen molar-refractivity contribution in [2.45, 2.75) is 19.4 Å². The number of para-hydroxylation sites is 3. The maximum atomic E-state index is 13.6. The van der Waals surface area contributed by atoms with Crippen LogP contribution in [0.5, 0.6) is 5.75 Å². The molecule has 0 radical (unpaired) electrons. The molecular weight excluding hydrogens is 377 g/mol. The van der Waals surface area contributed by atoms with Crippen LogP contribution in [0.4, 0.5) is 15.8 Å². The number of halogens is 1. The molecule has 1 aliphatic rings. The van der Waals surface area contributed by atoms with E-state index in [0.717, 1.165) is 0 Å². The molecular formula is C21H22FN3O4. The molecule has 8 heteroatoms. The number of hydrogen-bond donors (Lipinski definition) is 1. The summed E-state index contributed by atoms with van der Waals surface area (Å²) in [5, 5.41) is 2.79. The number of benzene rings is 2. The Kier molecular flexibility index (Phi) is 6.11. The van der Waals surface area contributed by atoms with Crippen LogP contribution in [-0.2, 0) is 14.4 Å². The standard InChI is InChI=1S/C21H22FN3O4/c1-14-11-19(26)23-16-8-4-5-9-17(16)25(14)20(27)12-24(2)21(28)13-29-18-10-6-3-7-15(18)22/h3-10,14H,11-13H2,1-2H3,(H,23,26). The van der Waals surface area contributed by atoms with E-state index in [2.05, 4.69) is 5.32 Å². The highest BCUT2D eigenvalue weighted by molar-refractivity contribution is 6.05. The molecule has 0 spiro atoms. The zero-order valence-corrected chi connectivity index (χ0v) is 16.2. The molecule has 1 unspecified atom stereocenters. The number of nitrogens with zero attached hydrogens (tertiary/aromatic N) is 2. The Morgan fingerprint density at radius 2 is 1.90 bits per heavy atom. The molecule has 29 heavy (non-hydrogen) atoms. The van der Waals surface area contributed by atoms with Gasteiger partial charge in [0.15, 0.2) is 18.2 Å². The van der Waals surface area contributed by atoms with Gasteiger partial charge in [0.2, 0.25) is 11.8 Å². The first-order chi connectivity index (χ1) is 13.9. The third-order valence-corrected chi connectivity index (χ3v) is 4.61. The van der Waals surface area contributed by atoms with Crippen LogP contribution in [0.3, 0.4) is 0 Å². The first kappa shape index (κ1) is 20.3. The molecule has 7 nitrogen and oxygen atoms in total. The molecule has 3 rings (SSSR count). The van der Waals surface area contributed by atoms with Gasteiger partial charge in [-0.1, -0.05) is 24.3 Å². The summed E-state index contributed by atoms with van der Waals surface area (Å²) in [5.41, 5.74) is 1.13. The summed E-state index contributed by atoms with van der Waals surface area (Å²) >= 11 is 0. The first-order valence-electron chi connectivity index (χ1n) is 9.19. The Balaban J connectivity index is 1.67. The molecule has 3 amide bonds. The van der Waals surface area contributed by atoms with Crippen LogP contribution in [-0.4, -0.2) is 48.9 Å². The van der Waals surface area contributed by atoms with Crippen molar-refractivity contribution in [1.82, 2.24) is 4.90 Å². The topological polar surface area (TPSA) is 79.0 Å². The highest BCUT2D eigenvalue weighted by Gasteiger charge is 2.30. The van der Waals surface area contributed by atoms with E-state index in [1.54, 1.807) is 37.3 Å². The lowest BCUT2D eigenvalue weighted by Crippen LogP contribution is -2.46. The summed E-state index contributed by atoms with van der Waals surface area (Å²) < 4.78 is 18.8. The molecule has 2 aromatic carbocycles. The van der Waals surface area contributed by atoms with Gasteiger partial charge >= 0.3 is 0 Å². The number of carbonyl (C=O) groups is 3. The van der Waals surface area contributed by atoms with Gasteiger partial charge < -0.3 is 19.9 Å². The zero-order valence-electron chi connectivity index (χ0n) is 16.2. The summed E-state index contributed by atoms with van der Waals surface area (Å²) in [6.45, 7) is 1.19. The van der Waals surface area contributed by atoms with Crippen LogP contribution in [0, 0.1) is 5.82 Å². The monoisotopic (exact) mass is 399 g/mol. The van der Waals surface area contributed by atoms with Crippen molar-refractivity contribution in [3.63, 3.8) is 0 Å². The molecule has 0 saturated carbocycles. The van der Waals surface area contributed by atoms with E-state index in [1.165, 1.54) is 35.0 Å². The number of hydrogen-bond acceptors (Lipinski definition) is 4. The fourth-order valence-corrected chi connectivity index (χ4v) is 3.15. The van der Waals surface area contributed by atoms with Crippen molar-refractivity contribution < 1.29 is 23.5 Å². The van der Waals surface area contributed by atoms with Crippen molar-refractivity contribution in [3.05, 3.63) is 54.3 Å². The quantitative estimate of drug-likeness (QED) is 0.838. The minimum absolute atomic E-state index is 0.0276. The van der Waals surface area contributed by atoms with Gasteiger partial charge in [0.1, 0.15) is 0 Å². The fourth-order valence-electron chi connectivity index (χ4n) is 3.15. The number of fused-ring (bicyclic) bond motifs is 1. The van der Waals surface area contributed by atoms with E-state index < -0.39 is 18.3 Å². The van der Waals surface area contributed by atoms with Crippen LogP contribution in [0.2, 0.25) is 0 Å². The Morgan fingerprint density at radius 3 is 2.66 bits per heavy atom. The van der Waals surface area contributed by atoms with E-state index in [1.807, 2.05) is 0 Å². The molecule has 0 aromatic heterocycles. The molecule has 1 aliphatic heterocycles. The van der Waals surface area contributed by atoms with Crippen LogP contribution in [0.1, 0.15) is 13.3 Å². The average molecular weight is 399 g/mol. The van der Waals surface area contributed by atoms with Crippen LogP contribution < -0.4 is 15.0 Å². The Hall–Kier alpha value is -3.42. The van der Waals surface area contributed by atoms with Gasteiger partial charge in [0, 0.05) is 19.5 Å². The Labute approximate surface area is 168 Å². The number of nitrogens with one attached hydrogen (secondary N) is 1. The second-order valence-corrected chi connectivity index (χ2v) is 6.85. The average Bonchev–Trinajstić information content (AvgIpc) is 2.81. The summed E-state index contributed by atoms with van der Waals surface area (Å²) in [7, 11) is 1.47. The number of rotatable bonds is 5. The first-order valence-corrected chi connectivity index (χ1v) is 9.19. The van der Waals surface area contributed by atoms with Gasteiger partial charge in [-0.2, -0.15) is 0 Å². The van der Waals surface area contributed by atoms with Crippen molar-refractivity contribution in [1.29, 1.82) is 0 Å². The van der Waals surface area contributed by atoms with Gasteiger partial charge in [0.05, 0.1) is 17.9 Å². The van der Waals surface area contributed by atoms with Crippen molar-refractivity contribution in [2.75, 3.05) is 30.4 Å². The predicted molar refractivity (Wildman–Crippen MR) is 106 cm³/mol. The lowest BCUT2D eigenvalue weighted by molar-refractivity contribution is -0.135. The molecule has 1 atom stereocenters. The largest absolute Gasteiger partial charge is 0.481 e. The number of anilines is 2. The second-order valence-electron chi connectivity index (χ2n) is 6.85. The molecule has 0 bridgehead atoms. The third kappa shape index (κ3) is 4.71. The predicted octanol–water partition coefficient (Wildman–Crippen LogP) is 2.43. The third-order valence-electron chi connectivity index (χ3n) is 4.61. The van der Waals surface area contributed by atoms with E-state index >= 15 is 0 Å². The summed E-state index contributed by atoms with van der Waals surface area (Å²) in [6, 6.07) is 12.4. The molecule has 2 aromatic rings. The van der Waals surface area contributed by atoms with Gasteiger partial charge in [-0.25, -0.2) is 4.39 Å². The molecule has 0 fully saturated rings. The normalized spacial score (nSPS) is 15.8. The summed E-state index contributed by atoms with van der Waals surface area (Å²) in [5.74, 6) is -1.57. The van der Waals surface area contributed by atoms with Gasteiger partial charge in [-0.3, -0.25) is 14.4 Å². The number of likely N-dealkylation sites (N-methyl/N-ethyl adjacent to an activating group) is 1. The minimum Gasteiger partial charge on any atom is -0.481 e. The van der Waals surface area contributed by atoms with E-state index in [4.69, 9.17) is 4.74 Å². The lowest BCUT2D eigenvalue weighted by Gasteiger charge is -2.29. The molecule has 152 valence electrons. The Morgan fingerprint density at radius 1 is 1.21 bits per heavy atom. The zero-order chi connectivity index (χ0) is 21.0. The smallest absolute Gasteiger partial charge is 0.260 e. The Bertz CT molecular complexity index is 934. The maximum absolute atomic E-state index is 13.6. The van der Waals surface area contributed by atoms with Crippen molar-refractivity contribution in [2.24, 2.45) is 0 Å². The minimum atomic E-state index is -0.564. The molecule has 0 saturated heterocycles. The van der Waals surface area contributed by atoms with E-state index in [-0.39, 0.29) is 36.6 Å². The number of ether oxygens (including phenoxy) is 1. The van der Waals surface area contributed by atoms with Gasteiger partial charge in [-0.05, 0) is 31.2 Å². The SMILES string of the molecule is CC1CC(=O)Nc2ccccc2N1C(=O)CN(C)C(=O)COc1ccccc1F.